The maximum absolute atomic E-state index is 11.9. The summed E-state index contributed by atoms with van der Waals surface area (Å²) in [6, 6.07) is 14.7. The molecule has 0 bridgehead atoms. The van der Waals surface area contributed by atoms with Gasteiger partial charge in [-0.15, -0.1) is 0 Å². The number of cyclic esters (lactones) is 1. The summed E-state index contributed by atoms with van der Waals surface area (Å²) >= 11 is 0. The van der Waals surface area contributed by atoms with Crippen molar-refractivity contribution in [3.8, 4) is 5.75 Å². The van der Waals surface area contributed by atoms with Crippen molar-refractivity contribution in [2.75, 3.05) is 11.9 Å². The summed E-state index contributed by atoms with van der Waals surface area (Å²) in [6.07, 6.45) is 1.27. The van der Waals surface area contributed by atoms with Crippen LogP contribution >= 0.6 is 0 Å². The summed E-state index contributed by atoms with van der Waals surface area (Å²) in [5.74, 6) is 0.491. The SMILES string of the molecule is CN1C(=O)O/C(=C\c2ccccc2)c2cccc(O)c21. The second-order valence-corrected chi connectivity index (χ2v) is 4.52. The molecule has 0 saturated carbocycles. The standard InChI is InChI=1S/C16H13NO3/c1-17-15-12(8-5-9-13(15)18)14(20-16(17)19)10-11-6-3-2-4-7-11/h2-10,18H,1H3/b14-10-. The molecule has 0 unspecified atom stereocenters. The monoisotopic (exact) mass is 267 g/mol. The number of ether oxygens (including phenoxy) is 1. The third-order valence-corrected chi connectivity index (χ3v) is 3.18. The number of hydrogen-bond donors (Lipinski definition) is 1. The summed E-state index contributed by atoms with van der Waals surface area (Å²) in [5, 5.41) is 9.95. The van der Waals surface area contributed by atoms with Crippen LogP contribution in [-0.4, -0.2) is 18.2 Å². The van der Waals surface area contributed by atoms with Crippen LogP contribution < -0.4 is 4.90 Å². The Morgan fingerprint density at radius 1 is 1.10 bits per heavy atom. The van der Waals surface area contributed by atoms with Crippen molar-refractivity contribution in [3.63, 3.8) is 0 Å². The molecule has 0 aromatic heterocycles. The zero-order valence-electron chi connectivity index (χ0n) is 10.9. The molecule has 20 heavy (non-hydrogen) atoms. The molecule has 0 spiro atoms. The average Bonchev–Trinajstić information content (AvgIpc) is 2.45. The lowest BCUT2D eigenvalue weighted by molar-refractivity contribution is 0.199. The van der Waals surface area contributed by atoms with Gasteiger partial charge in [-0.1, -0.05) is 36.4 Å². The van der Waals surface area contributed by atoms with E-state index in [0.29, 0.717) is 17.0 Å². The Labute approximate surface area is 116 Å². The maximum Gasteiger partial charge on any atom is 0.419 e. The van der Waals surface area contributed by atoms with Gasteiger partial charge in [-0.2, -0.15) is 0 Å². The van der Waals surface area contributed by atoms with Crippen LogP contribution in [0.3, 0.4) is 0 Å². The number of anilines is 1. The van der Waals surface area contributed by atoms with Gasteiger partial charge in [0.1, 0.15) is 11.5 Å². The number of fused-ring (bicyclic) bond motifs is 1. The van der Waals surface area contributed by atoms with Gasteiger partial charge in [-0.3, -0.25) is 4.90 Å². The number of nitrogens with zero attached hydrogens (tertiary/aromatic N) is 1. The first-order valence-electron chi connectivity index (χ1n) is 6.21. The topological polar surface area (TPSA) is 49.8 Å². The van der Waals surface area contributed by atoms with Gasteiger partial charge < -0.3 is 9.84 Å². The van der Waals surface area contributed by atoms with Gasteiger partial charge in [0.05, 0.1) is 5.69 Å². The first kappa shape index (κ1) is 12.3. The Morgan fingerprint density at radius 2 is 1.85 bits per heavy atom. The Bertz CT molecular complexity index is 692. The van der Waals surface area contributed by atoms with Crippen molar-refractivity contribution in [2.45, 2.75) is 0 Å². The van der Waals surface area contributed by atoms with Gasteiger partial charge in [0.25, 0.3) is 0 Å². The molecular formula is C16H13NO3. The van der Waals surface area contributed by atoms with Gasteiger partial charge in [0.2, 0.25) is 0 Å². The molecule has 1 heterocycles. The van der Waals surface area contributed by atoms with E-state index in [1.807, 2.05) is 36.4 Å². The molecule has 2 aromatic rings. The molecule has 1 amide bonds. The number of rotatable bonds is 1. The molecule has 2 aromatic carbocycles. The highest BCUT2D eigenvalue weighted by molar-refractivity contribution is 6.03. The fourth-order valence-electron chi connectivity index (χ4n) is 2.20. The van der Waals surface area contributed by atoms with Crippen LogP contribution in [0.4, 0.5) is 10.5 Å². The predicted octanol–water partition coefficient (Wildman–Crippen LogP) is 3.48. The number of amides is 1. The summed E-state index contributed by atoms with van der Waals surface area (Å²) in [5.41, 5.74) is 2.08. The molecule has 4 nitrogen and oxygen atoms in total. The third-order valence-electron chi connectivity index (χ3n) is 3.18. The molecule has 0 atom stereocenters. The van der Waals surface area contributed by atoms with Crippen LogP contribution in [0, 0.1) is 0 Å². The number of hydrogen-bond acceptors (Lipinski definition) is 3. The third kappa shape index (κ3) is 2.01. The van der Waals surface area contributed by atoms with E-state index in [-0.39, 0.29) is 5.75 Å². The van der Waals surface area contributed by atoms with Gasteiger partial charge in [0.15, 0.2) is 0 Å². The van der Waals surface area contributed by atoms with E-state index in [9.17, 15) is 9.90 Å². The molecule has 0 radical (unpaired) electrons. The van der Waals surface area contributed by atoms with Gasteiger partial charge in [-0.05, 0) is 23.8 Å². The van der Waals surface area contributed by atoms with Crippen molar-refractivity contribution in [1.29, 1.82) is 0 Å². The summed E-state index contributed by atoms with van der Waals surface area (Å²) < 4.78 is 5.32. The largest absolute Gasteiger partial charge is 0.506 e. The Hall–Kier alpha value is -2.75. The van der Waals surface area contributed by atoms with Crippen LogP contribution in [0.1, 0.15) is 11.1 Å². The van der Waals surface area contributed by atoms with E-state index in [1.165, 1.54) is 4.90 Å². The molecule has 1 aliphatic heterocycles. The molecule has 3 rings (SSSR count). The highest BCUT2D eigenvalue weighted by Gasteiger charge is 2.28. The minimum absolute atomic E-state index is 0.0561. The van der Waals surface area contributed by atoms with Crippen molar-refractivity contribution < 1.29 is 14.6 Å². The molecule has 0 fully saturated rings. The lowest BCUT2D eigenvalue weighted by atomic mass is 10.1. The van der Waals surface area contributed by atoms with Crippen molar-refractivity contribution >= 4 is 23.6 Å². The number of benzene rings is 2. The van der Waals surface area contributed by atoms with E-state index in [0.717, 1.165) is 5.56 Å². The fraction of sp³-hybridized carbons (Fsp3) is 0.0625. The number of phenolic OH excluding ortho intramolecular Hbond substituents is 1. The second kappa shape index (κ2) is 4.74. The Kier molecular flexibility index (Phi) is 2.91. The molecule has 0 saturated heterocycles. The van der Waals surface area contributed by atoms with E-state index in [2.05, 4.69) is 0 Å². The average molecular weight is 267 g/mol. The van der Waals surface area contributed by atoms with Crippen LogP contribution in [0.25, 0.3) is 11.8 Å². The van der Waals surface area contributed by atoms with Gasteiger partial charge >= 0.3 is 6.09 Å². The van der Waals surface area contributed by atoms with Crippen molar-refractivity contribution in [3.05, 3.63) is 59.7 Å². The quantitative estimate of drug-likeness (QED) is 0.860. The number of carbonyl (C=O) groups is 1. The molecular weight excluding hydrogens is 254 g/mol. The summed E-state index contributed by atoms with van der Waals surface area (Å²) in [7, 11) is 1.57. The zero-order valence-corrected chi connectivity index (χ0v) is 10.9. The van der Waals surface area contributed by atoms with Crippen LogP contribution in [0.5, 0.6) is 5.75 Å². The first-order valence-corrected chi connectivity index (χ1v) is 6.21. The van der Waals surface area contributed by atoms with Crippen LogP contribution in [0.2, 0.25) is 0 Å². The number of carbonyl (C=O) groups excluding carboxylic acids is 1. The minimum atomic E-state index is -0.513. The Morgan fingerprint density at radius 3 is 2.60 bits per heavy atom. The smallest absolute Gasteiger partial charge is 0.419 e. The van der Waals surface area contributed by atoms with E-state index in [4.69, 9.17) is 4.74 Å². The summed E-state index contributed by atoms with van der Waals surface area (Å²) in [4.78, 5) is 13.2. The van der Waals surface area contributed by atoms with E-state index >= 15 is 0 Å². The number of phenols is 1. The van der Waals surface area contributed by atoms with E-state index in [1.54, 1.807) is 25.3 Å². The number of aromatic hydroxyl groups is 1. The lowest BCUT2D eigenvalue weighted by Gasteiger charge is -2.27. The highest BCUT2D eigenvalue weighted by atomic mass is 16.6. The van der Waals surface area contributed by atoms with Gasteiger partial charge in [0, 0.05) is 12.6 Å². The normalized spacial score (nSPS) is 15.9. The molecule has 0 aliphatic carbocycles. The minimum Gasteiger partial charge on any atom is -0.506 e. The van der Waals surface area contributed by atoms with Gasteiger partial charge in [-0.25, -0.2) is 4.79 Å². The van der Waals surface area contributed by atoms with E-state index < -0.39 is 6.09 Å². The number of para-hydroxylation sites is 1. The maximum atomic E-state index is 11.9. The summed E-state index contributed by atoms with van der Waals surface area (Å²) in [6.45, 7) is 0. The fourth-order valence-corrected chi connectivity index (χ4v) is 2.20. The molecule has 4 heteroatoms. The Balaban J connectivity index is 2.16. The molecule has 100 valence electrons. The van der Waals surface area contributed by atoms with Crippen molar-refractivity contribution in [2.24, 2.45) is 0 Å². The van der Waals surface area contributed by atoms with Crippen LogP contribution in [-0.2, 0) is 4.74 Å². The lowest BCUT2D eigenvalue weighted by Crippen LogP contribution is -2.31. The molecule has 1 aliphatic rings. The van der Waals surface area contributed by atoms with Crippen molar-refractivity contribution in [1.82, 2.24) is 0 Å². The second-order valence-electron chi connectivity index (χ2n) is 4.52. The predicted molar refractivity (Wildman–Crippen MR) is 77.3 cm³/mol. The highest BCUT2D eigenvalue weighted by Crippen LogP contribution is 2.40. The van der Waals surface area contributed by atoms with Crippen LogP contribution in [0.15, 0.2) is 48.5 Å². The zero-order chi connectivity index (χ0) is 14.1. The first-order chi connectivity index (χ1) is 9.66. The molecule has 1 N–H and O–H groups in total.